The molecule has 104 valence electrons. The molecule has 0 aromatic heterocycles. The first-order valence-electron chi connectivity index (χ1n) is 7.42. The van der Waals surface area contributed by atoms with Crippen molar-refractivity contribution in [3.05, 3.63) is 29.8 Å². The number of ether oxygens (including phenoxy) is 1. The van der Waals surface area contributed by atoms with Gasteiger partial charge in [0.05, 0.1) is 24.9 Å². The van der Waals surface area contributed by atoms with E-state index in [1.54, 1.807) is 6.92 Å². The lowest BCUT2D eigenvalue weighted by atomic mass is 9.89. The van der Waals surface area contributed by atoms with E-state index in [4.69, 9.17) is 4.74 Å². The van der Waals surface area contributed by atoms with E-state index in [0.29, 0.717) is 12.1 Å². The predicted octanol–water partition coefficient (Wildman–Crippen LogP) is 2.89. The van der Waals surface area contributed by atoms with Gasteiger partial charge < -0.3 is 14.7 Å². The molecule has 0 bridgehead atoms. The smallest absolute Gasteiger partial charge is 0.0779 e. The molecule has 0 amide bonds. The van der Waals surface area contributed by atoms with Crippen LogP contribution in [0.15, 0.2) is 24.3 Å². The van der Waals surface area contributed by atoms with Gasteiger partial charge in [-0.2, -0.15) is 0 Å². The Morgan fingerprint density at radius 3 is 2.68 bits per heavy atom. The third-order valence-corrected chi connectivity index (χ3v) is 4.44. The topological polar surface area (TPSA) is 32.7 Å². The van der Waals surface area contributed by atoms with Crippen LogP contribution in [0, 0.1) is 0 Å². The Hall–Kier alpha value is -1.06. The first-order valence-corrected chi connectivity index (χ1v) is 7.42. The molecule has 2 aliphatic rings. The van der Waals surface area contributed by atoms with Crippen molar-refractivity contribution in [1.29, 1.82) is 0 Å². The summed E-state index contributed by atoms with van der Waals surface area (Å²) in [5.41, 5.74) is 2.25. The van der Waals surface area contributed by atoms with Crippen molar-refractivity contribution >= 4 is 5.69 Å². The second-order valence-corrected chi connectivity index (χ2v) is 5.72. The summed E-state index contributed by atoms with van der Waals surface area (Å²) in [6, 6.07) is 8.89. The summed E-state index contributed by atoms with van der Waals surface area (Å²) in [4.78, 5) is 2.50. The Morgan fingerprint density at radius 2 is 1.95 bits per heavy atom. The molecule has 1 aliphatic heterocycles. The number of aliphatic hydroxyl groups excluding tert-OH is 1. The van der Waals surface area contributed by atoms with Crippen LogP contribution in [-0.2, 0) is 4.74 Å². The summed E-state index contributed by atoms with van der Waals surface area (Å²) < 4.78 is 5.91. The molecule has 1 aromatic rings. The highest BCUT2D eigenvalue weighted by atomic mass is 16.5. The van der Waals surface area contributed by atoms with Gasteiger partial charge >= 0.3 is 0 Å². The molecule has 19 heavy (non-hydrogen) atoms. The van der Waals surface area contributed by atoms with E-state index in [0.717, 1.165) is 18.7 Å². The number of hydrogen-bond donors (Lipinski definition) is 1. The number of anilines is 1. The molecule has 0 radical (unpaired) electrons. The molecule has 3 heteroatoms. The summed E-state index contributed by atoms with van der Waals surface area (Å²) in [6.07, 6.45) is 5.08. The Kier molecular flexibility index (Phi) is 3.76. The lowest BCUT2D eigenvalue weighted by molar-refractivity contribution is -0.00868. The highest BCUT2D eigenvalue weighted by molar-refractivity contribution is 5.49. The summed E-state index contributed by atoms with van der Waals surface area (Å²) >= 11 is 0. The fourth-order valence-electron chi connectivity index (χ4n) is 3.36. The van der Waals surface area contributed by atoms with Crippen LogP contribution in [0.5, 0.6) is 0 Å². The van der Waals surface area contributed by atoms with Gasteiger partial charge in [-0.1, -0.05) is 25.0 Å². The molecule has 1 heterocycles. The van der Waals surface area contributed by atoms with Gasteiger partial charge in [-0.05, 0) is 37.5 Å². The van der Waals surface area contributed by atoms with Crippen LogP contribution < -0.4 is 4.90 Å². The van der Waals surface area contributed by atoms with Crippen molar-refractivity contribution in [3.63, 3.8) is 0 Å². The second-order valence-electron chi connectivity index (χ2n) is 5.72. The van der Waals surface area contributed by atoms with Crippen molar-refractivity contribution in [2.24, 2.45) is 0 Å². The van der Waals surface area contributed by atoms with Gasteiger partial charge in [-0.15, -0.1) is 0 Å². The highest BCUT2D eigenvalue weighted by Crippen LogP contribution is 2.32. The minimum atomic E-state index is -0.388. The van der Waals surface area contributed by atoms with E-state index in [9.17, 15) is 5.11 Å². The van der Waals surface area contributed by atoms with Gasteiger partial charge in [0.25, 0.3) is 0 Å². The molecular formula is C16H23NO2. The minimum absolute atomic E-state index is 0.388. The number of rotatable bonds is 2. The standard InChI is InChI=1S/C16H23NO2/c1-12(18)13-6-8-14(9-7-13)17-10-11-19-16-5-3-2-4-15(16)17/h6-9,12,15-16,18H,2-5,10-11H2,1H3. The third kappa shape index (κ3) is 2.63. The van der Waals surface area contributed by atoms with E-state index < -0.39 is 0 Å². The van der Waals surface area contributed by atoms with Gasteiger partial charge in [0.15, 0.2) is 0 Å². The molecule has 1 saturated heterocycles. The zero-order chi connectivity index (χ0) is 13.2. The van der Waals surface area contributed by atoms with Gasteiger partial charge in [0.1, 0.15) is 0 Å². The largest absolute Gasteiger partial charge is 0.389 e. The Morgan fingerprint density at radius 1 is 1.21 bits per heavy atom. The number of nitrogens with zero attached hydrogens (tertiary/aromatic N) is 1. The molecule has 3 nitrogen and oxygen atoms in total. The molecule has 3 atom stereocenters. The van der Waals surface area contributed by atoms with Crippen molar-refractivity contribution in [1.82, 2.24) is 0 Å². The molecule has 3 unspecified atom stereocenters. The molecule has 0 spiro atoms. The first kappa shape index (κ1) is 12.9. The fourth-order valence-corrected chi connectivity index (χ4v) is 3.36. The number of benzene rings is 1. The minimum Gasteiger partial charge on any atom is -0.389 e. The lowest BCUT2D eigenvalue weighted by Crippen LogP contribution is -2.52. The van der Waals surface area contributed by atoms with Crippen LogP contribution in [0.1, 0.15) is 44.3 Å². The van der Waals surface area contributed by atoms with Crippen molar-refractivity contribution in [2.75, 3.05) is 18.1 Å². The molecular weight excluding hydrogens is 238 g/mol. The summed E-state index contributed by atoms with van der Waals surface area (Å²) in [5, 5.41) is 9.58. The van der Waals surface area contributed by atoms with Crippen molar-refractivity contribution in [2.45, 2.75) is 50.9 Å². The summed E-state index contributed by atoms with van der Waals surface area (Å²) in [7, 11) is 0. The zero-order valence-electron chi connectivity index (χ0n) is 11.6. The number of morpholine rings is 1. The quantitative estimate of drug-likeness (QED) is 0.888. The molecule has 1 saturated carbocycles. The van der Waals surface area contributed by atoms with Gasteiger partial charge in [0.2, 0.25) is 0 Å². The summed E-state index contributed by atoms with van der Waals surface area (Å²) in [6.45, 7) is 3.62. The van der Waals surface area contributed by atoms with E-state index in [-0.39, 0.29) is 6.10 Å². The van der Waals surface area contributed by atoms with Crippen LogP contribution in [0.25, 0.3) is 0 Å². The average molecular weight is 261 g/mol. The number of fused-ring (bicyclic) bond motifs is 1. The van der Waals surface area contributed by atoms with Crippen LogP contribution in [0.4, 0.5) is 5.69 Å². The van der Waals surface area contributed by atoms with E-state index in [1.807, 2.05) is 12.1 Å². The van der Waals surface area contributed by atoms with E-state index in [1.165, 1.54) is 31.4 Å². The normalized spacial score (nSPS) is 28.8. The highest BCUT2D eigenvalue weighted by Gasteiger charge is 2.34. The average Bonchev–Trinajstić information content (AvgIpc) is 2.47. The summed E-state index contributed by atoms with van der Waals surface area (Å²) in [5.74, 6) is 0. The molecule has 1 N–H and O–H groups in total. The molecule has 1 aromatic carbocycles. The fraction of sp³-hybridized carbons (Fsp3) is 0.625. The van der Waals surface area contributed by atoms with Gasteiger partial charge in [-0.3, -0.25) is 0 Å². The maximum Gasteiger partial charge on any atom is 0.0779 e. The Bertz CT molecular complexity index is 413. The SMILES string of the molecule is CC(O)c1ccc(N2CCOC3CCCCC32)cc1. The predicted molar refractivity (Wildman–Crippen MR) is 76.4 cm³/mol. The lowest BCUT2D eigenvalue weighted by Gasteiger charge is -2.45. The molecule has 3 rings (SSSR count). The van der Waals surface area contributed by atoms with Crippen molar-refractivity contribution < 1.29 is 9.84 Å². The van der Waals surface area contributed by atoms with Crippen LogP contribution in [-0.4, -0.2) is 30.4 Å². The van der Waals surface area contributed by atoms with E-state index >= 15 is 0 Å². The van der Waals surface area contributed by atoms with Gasteiger partial charge in [0, 0.05) is 12.2 Å². The third-order valence-electron chi connectivity index (χ3n) is 4.44. The second kappa shape index (κ2) is 5.51. The zero-order valence-corrected chi connectivity index (χ0v) is 11.6. The van der Waals surface area contributed by atoms with Crippen molar-refractivity contribution in [3.8, 4) is 0 Å². The molecule has 2 fully saturated rings. The maximum atomic E-state index is 9.58. The number of aliphatic hydroxyl groups is 1. The molecule has 1 aliphatic carbocycles. The van der Waals surface area contributed by atoms with Crippen LogP contribution in [0.3, 0.4) is 0 Å². The Labute approximate surface area is 115 Å². The van der Waals surface area contributed by atoms with Crippen LogP contribution in [0.2, 0.25) is 0 Å². The van der Waals surface area contributed by atoms with Gasteiger partial charge in [-0.25, -0.2) is 0 Å². The maximum absolute atomic E-state index is 9.58. The van der Waals surface area contributed by atoms with Crippen LogP contribution >= 0.6 is 0 Å². The first-order chi connectivity index (χ1) is 9.25. The number of hydrogen-bond acceptors (Lipinski definition) is 3. The van der Waals surface area contributed by atoms with E-state index in [2.05, 4.69) is 17.0 Å². The monoisotopic (exact) mass is 261 g/mol. The Balaban J connectivity index is 1.79.